The van der Waals surface area contributed by atoms with Crippen LogP contribution in [0.15, 0.2) is 59.6 Å². The fourth-order valence-electron chi connectivity index (χ4n) is 2.81. The van der Waals surface area contributed by atoms with Gasteiger partial charge < -0.3 is 20.1 Å². The van der Waals surface area contributed by atoms with E-state index in [9.17, 15) is 0 Å². The molecule has 0 atom stereocenters. The molecule has 6 heteroatoms. The molecule has 0 heterocycles. The smallest absolute Gasteiger partial charge is 0.190 e. The molecule has 0 fully saturated rings. The minimum absolute atomic E-state index is 0. The van der Waals surface area contributed by atoms with Crippen molar-refractivity contribution in [2.24, 2.45) is 4.99 Å². The molecule has 2 rings (SSSR count). The highest BCUT2D eigenvalue weighted by Gasteiger charge is 1.99. The molecular weight excluding hydrogens is 477 g/mol. The van der Waals surface area contributed by atoms with Crippen molar-refractivity contribution >= 4 is 29.9 Å². The maximum atomic E-state index is 5.72. The molecule has 0 aliphatic heterocycles. The topological polar surface area (TPSA) is 54.9 Å². The number of hydrogen-bond acceptors (Lipinski definition) is 3. The van der Waals surface area contributed by atoms with E-state index in [1.165, 1.54) is 11.1 Å². The summed E-state index contributed by atoms with van der Waals surface area (Å²) in [5.41, 5.74) is 2.60. The van der Waals surface area contributed by atoms with Crippen LogP contribution in [0.3, 0.4) is 0 Å². The van der Waals surface area contributed by atoms with Crippen molar-refractivity contribution in [3.8, 4) is 5.75 Å². The summed E-state index contributed by atoms with van der Waals surface area (Å²) in [5.74, 6) is 1.73. The molecule has 0 bridgehead atoms. The van der Waals surface area contributed by atoms with Crippen molar-refractivity contribution in [3.63, 3.8) is 0 Å². The van der Waals surface area contributed by atoms with Crippen LogP contribution in [0.25, 0.3) is 0 Å². The van der Waals surface area contributed by atoms with Crippen molar-refractivity contribution in [2.75, 3.05) is 40.5 Å². The summed E-state index contributed by atoms with van der Waals surface area (Å²) in [6.07, 6.45) is 4.03. The summed E-state index contributed by atoms with van der Waals surface area (Å²) in [4.78, 5) is 4.27. The van der Waals surface area contributed by atoms with Crippen LogP contribution >= 0.6 is 24.0 Å². The van der Waals surface area contributed by atoms with Gasteiger partial charge in [0.05, 0.1) is 13.7 Å². The second-order valence-corrected chi connectivity index (χ2v) is 6.58. The first kappa shape index (κ1) is 25.2. The Labute approximate surface area is 192 Å². The van der Waals surface area contributed by atoms with E-state index in [0.717, 1.165) is 63.7 Å². The van der Waals surface area contributed by atoms with Crippen LogP contribution in [0.2, 0.25) is 0 Å². The minimum Gasteiger partial charge on any atom is -0.497 e. The Morgan fingerprint density at radius 3 is 2.21 bits per heavy atom. The quantitative estimate of drug-likeness (QED) is 0.195. The van der Waals surface area contributed by atoms with Crippen LogP contribution in [0, 0.1) is 0 Å². The molecule has 0 aliphatic rings. The third-order valence-corrected chi connectivity index (χ3v) is 4.47. The number of ether oxygens (including phenoxy) is 2. The molecule has 5 nitrogen and oxygen atoms in total. The van der Waals surface area contributed by atoms with Crippen molar-refractivity contribution in [3.05, 3.63) is 65.7 Å². The van der Waals surface area contributed by atoms with Crippen LogP contribution < -0.4 is 15.4 Å². The first-order valence-corrected chi connectivity index (χ1v) is 10.0. The molecule has 0 saturated carbocycles. The lowest BCUT2D eigenvalue weighted by molar-refractivity contribution is 0.133. The van der Waals surface area contributed by atoms with E-state index in [-0.39, 0.29) is 24.0 Å². The average molecular weight is 511 g/mol. The summed E-state index contributed by atoms with van der Waals surface area (Å²) < 4.78 is 10.9. The maximum absolute atomic E-state index is 5.72. The van der Waals surface area contributed by atoms with Crippen LogP contribution in [0.5, 0.6) is 5.75 Å². The lowest BCUT2D eigenvalue weighted by Crippen LogP contribution is -2.38. The average Bonchev–Trinajstić information content (AvgIpc) is 2.75. The Kier molecular flexibility index (Phi) is 14.0. The number of benzene rings is 2. The zero-order chi connectivity index (χ0) is 19.9. The van der Waals surface area contributed by atoms with Crippen LogP contribution in [0.4, 0.5) is 0 Å². The first-order chi connectivity index (χ1) is 13.8. The summed E-state index contributed by atoms with van der Waals surface area (Å²) in [6, 6.07) is 18.6. The molecule has 0 unspecified atom stereocenters. The predicted octanol–water partition coefficient (Wildman–Crippen LogP) is 4.06. The van der Waals surface area contributed by atoms with Crippen molar-refractivity contribution in [1.29, 1.82) is 0 Å². The number of unbranched alkanes of at least 4 members (excludes halogenated alkanes) is 1. The van der Waals surface area contributed by atoms with Crippen molar-refractivity contribution < 1.29 is 9.47 Å². The largest absolute Gasteiger partial charge is 0.497 e. The van der Waals surface area contributed by atoms with E-state index < -0.39 is 0 Å². The number of nitrogens with zero attached hydrogens (tertiary/aromatic N) is 1. The van der Waals surface area contributed by atoms with Gasteiger partial charge in [-0.2, -0.15) is 0 Å². The van der Waals surface area contributed by atoms with Gasteiger partial charge in [0.2, 0.25) is 0 Å². The Morgan fingerprint density at radius 1 is 0.828 bits per heavy atom. The van der Waals surface area contributed by atoms with Gasteiger partial charge in [-0.15, -0.1) is 24.0 Å². The molecule has 0 aliphatic carbocycles. The van der Waals surface area contributed by atoms with Crippen molar-refractivity contribution in [1.82, 2.24) is 10.6 Å². The first-order valence-electron chi connectivity index (χ1n) is 10.0. The van der Waals surface area contributed by atoms with Crippen LogP contribution in [-0.2, 0) is 17.6 Å². The number of rotatable bonds is 12. The van der Waals surface area contributed by atoms with Crippen LogP contribution in [0.1, 0.15) is 24.0 Å². The fraction of sp³-hybridized carbons (Fsp3) is 0.435. The minimum atomic E-state index is 0. The van der Waals surface area contributed by atoms with E-state index in [2.05, 4.69) is 52.0 Å². The molecule has 160 valence electrons. The van der Waals surface area contributed by atoms with Crippen LogP contribution in [-0.4, -0.2) is 46.4 Å². The van der Waals surface area contributed by atoms with Gasteiger partial charge >= 0.3 is 0 Å². The lowest BCUT2D eigenvalue weighted by atomic mass is 10.1. The van der Waals surface area contributed by atoms with Gasteiger partial charge in [-0.05, 0) is 48.9 Å². The Morgan fingerprint density at radius 2 is 1.52 bits per heavy atom. The molecule has 0 amide bonds. The standard InChI is InChI=1S/C23H33N3O2.HI/c1-24-23(26-17-14-21-10-12-22(27-2)13-11-21)25-16-6-7-18-28-19-15-20-8-4-3-5-9-20;/h3-5,8-13H,6-7,14-19H2,1-2H3,(H2,24,25,26);1H. The molecule has 0 radical (unpaired) electrons. The van der Waals surface area contributed by atoms with Gasteiger partial charge in [0.25, 0.3) is 0 Å². The van der Waals surface area contributed by atoms with E-state index in [1.807, 2.05) is 18.2 Å². The third-order valence-electron chi connectivity index (χ3n) is 4.47. The highest BCUT2D eigenvalue weighted by Crippen LogP contribution is 2.11. The second-order valence-electron chi connectivity index (χ2n) is 6.58. The lowest BCUT2D eigenvalue weighted by Gasteiger charge is -2.12. The van der Waals surface area contributed by atoms with Crippen molar-refractivity contribution in [2.45, 2.75) is 25.7 Å². The fourth-order valence-corrected chi connectivity index (χ4v) is 2.81. The van der Waals surface area contributed by atoms with E-state index in [1.54, 1.807) is 14.2 Å². The van der Waals surface area contributed by atoms with Gasteiger partial charge in [-0.25, -0.2) is 0 Å². The summed E-state index contributed by atoms with van der Waals surface area (Å²) in [5, 5.41) is 6.71. The molecule has 2 N–H and O–H groups in total. The van der Waals surface area contributed by atoms with E-state index >= 15 is 0 Å². The highest BCUT2D eigenvalue weighted by molar-refractivity contribution is 14.0. The van der Waals surface area contributed by atoms with Gasteiger partial charge in [-0.1, -0.05) is 42.5 Å². The molecule has 0 spiro atoms. The highest BCUT2D eigenvalue weighted by atomic mass is 127. The van der Waals surface area contributed by atoms with E-state index in [0.29, 0.717) is 0 Å². The second kappa shape index (κ2) is 16.0. The summed E-state index contributed by atoms with van der Waals surface area (Å²) in [6.45, 7) is 3.32. The number of guanidine groups is 1. The van der Waals surface area contributed by atoms with Gasteiger partial charge in [-0.3, -0.25) is 4.99 Å². The molecular formula is C23H34IN3O2. The molecule has 2 aromatic rings. The Hall–Kier alpha value is -1.80. The molecule has 29 heavy (non-hydrogen) atoms. The third kappa shape index (κ3) is 11.1. The van der Waals surface area contributed by atoms with E-state index in [4.69, 9.17) is 9.47 Å². The summed E-state index contributed by atoms with van der Waals surface area (Å²) >= 11 is 0. The Bertz CT molecular complexity index is 678. The summed E-state index contributed by atoms with van der Waals surface area (Å²) in [7, 11) is 3.48. The van der Waals surface area contributed by atoms with Gasteiger partial charge in [0.1, 0.15) is 5.75 Å². The Balaban J connectivity index is 0.00000420. The van der Waals surface area contributed by atoms with Gasteiger partial charge in [0.15, 0.2) is 5.96 Å². The maximum Gasteiger partial charge on any atom is 0.190 e. The SMILES string of the molecule is CN=C(NCCCCOCCc1ccccc1)NCCc1ccc(OC)cc1.I. The zero-order valence-electron chi connectivity index (χ0n) is 17.5. The number of halogens is 1. The zero-order valence-corrected chi connectivity index (χ0v) is 19.9. The number of aliphatic imine (C=N–C) groups is 1. The number of methoxy groups -OCH3 is 1. The predicted molar refractivity (Wildman–Crippen MR) is 132 cm³/mol. The number of hydrogen-bond donors (Lipinski definition) is 2. The normalized spacial score (nSPS) is 10.9. The monoisotopic (exact) mass is 511 g/mol. The van der Waals surface area contributed by atoms with Gasteiger partial charge in [0, 0.05) is 26.7 Å². The molecule has 0 saturated heterocycles. The molecule has 0 aromatic heterocycles. The molecule has 2 aromatic carbocycles. The number of nitrogens with one attached hydrogen (secondary N) is 2.